The molecule has 5 heteroatoms. The van der Waals surface area contributed by atoms with E-state index in [4.69, 9.17) is 13.9 Å². The van der Waals surface area contributed by atoms with Crippen LogP contribution >= 0.6 is 0 Å². The lowest BCUT2D eigenvalue weighted by atomic mass is 9.67. The summed E-state index contributed by atoms with van der Waals surface area (Å²) in [6.45, 7) is 2.89. The van der Waals surface area contributed by atoms with Crippen LogP contribution in [-0.2, 0) is 21.4 Å². The van der Waals surface area contributed by atoms with Crippen LogP contribution in [0.3, 0.4) is 0 Å². The summed E-state index contributed by atoms with van der Waals surface area (Å²) in [4.78, 5) is 2.51. The van der Waals surface area contributed by atoms with Gasteiger partial charge in [0.2, 0.25) is 5.58 Å². The standard InChI is InChI=1S/C33H37N2O3/c1-36-23-21-34-28-18-17-25-11-4-5-12-26(25)32(28)33(19-8-3-9-20-33)30(34)15-10-16-31-35(22-24-37-2)27-13-6-7-14-29(27)38-31/h4-7,10-18H,3,8-9,19-24H2,1-2H3/q+1. The number of allylic oxidation sites excluding steroid dienone is 3. The van der Waals surface area contributed by atoms with E-state index in [2.05, 4.69) is 76.2 Å². The first-order valence-electron chi connectivity index (χ1n) is 13.8. The van der Waals surface area contributed by atoms with E-state index in [-0.39, 0.29) is 5.41 Å². The van der Waals surface area contributed by atoms with Crippen molar-refractivity contribution in [1.29, 1.82) is 0 Å². The first kappa shape index (κ1) is 24.9. The van der Waals surface area contributed by atoms with Gasteiger partial charge >= 0.3 is 5.89 Å². The summed E-state index contributed by atoms with van der Waals surface area (Å²) in [6, 6.07) is 21.7. The molecule has 3 aromatic carbocycles. The number of anilines is 1. The molecule has 0 saturated heterocycles. The Balaban J connectivity index is 1.47. The Bertz CT molecular complexity index is 1490. The molecule has 2 aliphatic rings. The Kier molecular flexibility index (Phi) is 7.05. The molecular formula is C33H37N2O3+. The van der Waals surface area contributed by atoms with Crippen molar-refractivity contribution < 1.29 is 18.5 Å². The van der Waals surface area contributed by atoms with Crippen LogP contribution in [0.25, 0.3) is 27.9 Å². The van der Waals surface area contributed by atoms with E-state index in [1.165, 1.54) is 59.8 Å². The van der Waals surface area contributed by atoms with Crippen molar-refractivity contribution in [2.24, 2.45) is 0 Å². The van der Waals surface area contributed by atoms with Crippen molar-refractivity contribution >= 4 is 33.6 Å². The van der Waals surface area contributed by atoms with Gasteiger partial charge in [0.05, 0.1) is 12.7 Å². The first-order chi connectivity index (χ1) is 18.8. The van der Waals surface area contributed by atoms with Crippen molar-refractivity contribution in [3.05, 3.63) is 90.0 Å². The fraction of sp³-hybridized carbons (Fsp3) is 0.364. The molecule has 5 nitrogen and oxygen atoms in total. The van der Waals surface area contributed by atoms with Gasteiger partial charge in [-0.2, -0.15) is 4.57 Å². The molecule has 1 saturated carbocycles. The average Bonchev–Trinajstić information content (AvgIpc) is 3.43. The normalized spacial score (nSPS) is 17.9. The molecular weight excluding hydrogens is 472 g/mol. The van der Waals surface area contributed by atoms with Crippen molar-refractivity contribution in [1.82, 2.24) is 0 Å². The zero-order chi connectivity index (χ0) is 26.0. The van der Waals surface area contributed by atoms with Gasteiger partial charge in [-0.3, -0.25) is 0 Å². The van der Waals surface area contributed by atoms with Crippen molar-refractivity contribution in [2.45, 2.75) is 44.1 Å². The Morgan fingerprint density at radius 1 is 0.921 bits per heavy atom. The highest BCUT2D eigenvalue weighted by Crippen LogP contribution is 2.57. The van der Waals surface area contributed by atoms with Crippen LogP contribution < -0.4 is 9.47 Å². The molecule has 1 aliphatic carbocycles. The topological polar surface area (TPSA) is 38.7 Å². The fourth-order valence-electron chi connectivity index (χ4n) is 6.65. The van der Waals surface area contributed by atoms with Crippen LogP contribution in [0.4, 0.5) is 5.69 Å². The summed E-state index contributed by atoms with van der Waals surface area (Å²) in [5.41, 5.74) is 6.22. The molecule has 0 N–H and O–H groups in total. The van der Waals surface area contributed by atoms with Gasteiger partial charge in [0.15, 0.2) is 6.54 Å². The number of benzene rings is 3. The van der Waals surface area contributed by atoms with E-state index in [1.807, 2.05) is 12.1 Å². The molecule has 0 bridgehead atoms. The minimum atomic E-state index is 0.0203. The van der Waals surface area contributed by atoms with E-state index in [9.17, 15) is 0 Å². The molecule has 0 unspecified atom stereocenters. The predicted octanol–water partition coefficient (Wildman–Crippen LogP) is 6.79. The minimum Gasteiger partial charge on any atom is -0.398 e. The van der Waals surface area contributed by atoms with E-state index in [1.54, 1.807) is 14.2 Å². The van der Waals surface area contributed by atoms with Crippen LogP contribution in [0.5, 0.6) is 0 Å². The summed E-state index contributed by atoms with van der Waals surface area (Å²) in [5.74, 6) is 0.835. The molecule has 1 aromatic heterocycles. The third-order valence-corrected chi connectivity index (χ3v) is 8.33. The molecule has 2 heterocycles. The highest BCUT2D eigenvalue weighted by atomic mass is 16.5. The SMILES string of the molecule is COCCN1/C(=C/C=C/c2oc3ccccc3[n+]2CCOC)C2(CCCCC2)c2c1ccc1ccccc21. The highest BCUT2D eigenvalue weighted by Gasteiger charge is 2.48. The molecule has 38 heavy (non-hydrogen) atoms. The van der Waals surface area contributed by atoms with E-state index in [0.29, 0.717) is 13.2 Å². The number of fused-ring (bicyclic) bond motifs is 5. The number of hydrogen-bond donors (Lipinski definition) is 0. The largest absolute Gasteiger partial charge is 0.398 e. The predicted molar refractivity (Wildman–Crippen MR) is 153 cm³/mol. The van der Waals surface area contributed by atoms with E-state index in [0.717, 1.165) is 30.1 Å². The summed E-state index contributed by atoms with van der Waals surface area (Å²) < 4.78 is 19.4. The second kappa shape index (κ2) is 10.8. The number of aromatic nitrogens is 1. The molecule has 6 rings (SSSR count). The number of hydrogen-bond acceptors (Lipinski definition) is 4. The zero-order valence-corrected chi connectivity index (χ0v) is 22.5. The summed E-state index contributed by atoms with van der Waals surface area (Å²) >= 11 is 0. The van der Waals surface area contributed by atoms with Crippen LogP contribution in [0.15, 0.2) is 82.9 Å². The lowest BCUT2D eigenvalue weighted by molar-refractivity contribution is -0.679. The van der Waals surface area contributed by atoms with Gasteiger partial charge < -0.3 is 18.8 Å². The van der Waals surface area contributed by atoms with Gasteiger partial charge in [0, 0.05) is 43.6 Å². The molecule has 1 spiro atoms. The second-order valence-electron chi connectivity index (χ2n) is 10.4. The number of methoxy groups -OCH3 is 2. The zero-order valence-electron chi connectivity index (χ0n) is 22.5. The van der Waals surface area contributed by atoms with E-state index < -0.39 is 0 Å². The van der Waals surface area contributed by atoms with Crippen LogP contribution in [0.2, 0.25) is 0 Å². The Hall–Kier alpha value is -3.41. The van der Waals surface area contributed by atoms with Gasteiger partial charge in [0.25, 0.3) is 5.52 Å². The molecule has 1 aliphatic heterocycles. The number of nitrogens with zero attached hydrogens (tertiary/aromatic N) is 2. The molecule has 0 amide bonds. The monoisotopic (exact) mass is 509 g/mol. The van der Waals surface area contributed by atoms with Gasteiger partial charge in [-0.1, -0.05) is 67.8 Å². The van der Waals surface area contributed by atoms with Gasteiger partial charge in [-0.15, -0.1) is 0 Å². The lowest BCUT2D eigenvalue weighted by Crippen LogP contribution is -2.37. The molecule has 196 valence electrons. The Morgan fingerprint density at radius 2 is 1.71 bits per heavy atom. The quantitative estimate of drug-likeness (QED) is 0.245. The lowest BCUT2D eigenvalue weighted by Gasteiger charge is -2.37. The van der Waals surface area contributed by atoms with Crippen LogP contribution in [0, 0.1) is 0 Å². The van der Waals surface area contributed by atoms with E-state index >= 15 is 0 Å². The smallest absolute Gasteiger partial charge is 0.374 e. The highest BCUT2D eigenvalue weighted by molar-refractivity contribution is 5.95. The molecule has 0 atom stereocenters. The number of para-hydroxylation sites is 2. The minimum absolute atomic E-state index is 0.0203. The second-order valence-corrected chi connectivity index (χ2v) is 10.4. The van der Waals surface area contributed by atoms with Gasteiger partial charge in [0.1, 0.15) is 6.61 Å². The van der Waals surface area contributed by atoms with Crippen molar-refractivity contribution in [2.75, 3.05) is 38.9 Å². The summed E-state index contributed by atoms with van der Waals surface area (Å²) in [5, 5.41) is 2.71. The Labute approximate surface area is 225 Å². The molecule has 4 aromatic rings. The van der Waals surface area contributed by atoms with Gasteiger partial charge in [-0.25, -0.2) is 0 Å². The maximum absolute atomic E-state index is 6.27. The summed E-state index contributed by atoms with van der Waals surface area (Å²) in [6.07, 6.45) is 12.8. The maximum Gasteiger partial charge on any atom is 0.374 e. The molecule has 0 radical (unpaired) electrons. The first-order valence-corrected chi connectivity index (χ1v) is 13.8. The average molecular weight is 510 g/mol. The number of ether oxygens (including phenoxy) is 2. The fourth-order valence-corrected chi connectivity index (χ4v) is 6.65. The van der Waals surface area contributed by atoms with Gasteiger partial charge in [-0.05, 0) is 47.4 Å². The number of oxazole rings is 1. The van der Waals surface area contributed by atoms with Crippen LogP contribution in [-0.4, -0.2) is 34.0 Å². The third-order valence-electron chi connectivity index (χ3n) is 8.33. The van der Waals surface area contributed by atoms with Crippen LogP contribution in [0.1, 0.15) is 43.6 Å². The summed E-state index contributed by atoms with van der Waals surface area (Å²) in [7, 11) is 3.53. The third kappa shape index (κ3) is 4.24. The number of rotatable bonds is 8. The Morgan fingerprint density at radius 3 is 2.55 bits per heavy atom. The van der Waals surface area contributed by atoms with Crippen molar-refractivity contribution in [3.63, 3.8) is 0 Å². The maximum atomic E-state index is 6.27. The van der Waals surface area contributed by atoms with Crippen molar-refractivity contribution in [3.8, 4) is 0 Å². The molecule has 1 fully saturated rings.